The lowest BCUT2D eigenvalue weighted by atomic mass is 10.0. The van der Waals surface area contributed by atoms with Gasteiger partial charge in [-0.3, -0.25) is 4.79 Å². The van der Waals surface area contributed by atoms with E-state index in [1.807, 2.05) is 29.2 Å². The minimum absolute atomic E-state index is 0.0279. The highest BCUT2D eigenvalue weighted by Crippen LogP contribution is 2.30. The number of aromatic nitrogens is 1. The molecule has 0 fully saturated rings. The van der Waals surface area contributed by atoms with Crippen LogP contribution in [0.25, 0.3) is 10.9 Å². The predicted octanol–water partition coefficient (Wildman–Crippen LogP) is 3.68. The van der Waals surface area contributed by atoms with Crippen LogP contribution in [0.4, 0.5) is 0 Å². The van der Waals surface area contributed by atoms with Crippen LogP contribution < -0.4 is 4.74 Å². The van der Waals surface area contributed by atoms with Gasteiger partial charge in [0.05, 0.1) is 12.7 Å². The number of rotatable bonds is 2. The number of methoxy groups -OCH3 is 1. The third kappa shape index (κ3) is 2.35. The highest BCUT2D eigenvalue weighted by molar-refractivity contribution is 5.97. The molecule has 122 valence electrons. The van der Waals surface area contributed by atoms with Crippen LogP contribution in [0.2, 0.25) is 0 Å². The molecule has 0 unspecified atom stereocenters. The van der Waals surface area contributed by atoms with Crippen LogP contribution in [-0.2, 0) is 13.0 Å². The maximum absolute atomic E-state index is 12.9. The maximum atomic E-state index is 12.9. The first-order valence-electron chi connectivity index (χ1n) is 8.20. The molecule has 0 atom stereocenters. The van der Waals surface area contributed by atoms with Crippen molar-refractivity contribution in [2.75, 3.05) is 13.7 Å². The van der Waals surface area contributed by atoms with Crippen molar-refractivity contribution in [1.82, 2.24) is 9.88 Å². The Morgan fingerprint density at radius 1 is 1.21 bits per heavy atom. The van der Waals surface area contributed by atoms with E-state index in [0.717, 1.165) is 18.5 Å². The summed E-state index contributed by atoms with van der Waals surface area (Å²) in [5.74, 6) is 0.656. The Bertz CT molecular complexity index is 927. The molecular weight excluding hydrogens is 300 g/mol. The van der Waals surface area contributed by atoms with Crippen molar-refractivity contribution in [2.24, 2.45) is 0 Å². The lowest BCUT2D eigenvalue weighted by Gasteiger charge is -2.28. The van der Waals surface area contributed by atoms with Crippen molar-refractivity contribution >= 4 is 16.8 Å². The number of carbonyl (C=O) groups excluding carboxylic acids is 1. The van der Waals surface area contributed by atoms with Crippen LogP contribution in [-0.4, -0.2) is 29.4 Å². The molecule has 4 heteroatoms. The molecule has 1 N–H and O–H groups in total. The van der Waals surface area contributed by atoms with Gasteiger partial charge in [0.25, 0.3) is 5.91 Å². The standard InChI is InChI=1S/C20H20N2O2/c1-13-7-8-17-15(11-13)16-12-22(10-9-18(16)21-17)20(23)14-5-3-4-6-19(14)24-2/h3-8,11,21H,9-10,12H2,1-2H3. The lowest BCUT2D eigenvalue weighted by Crippen LogP contribution is -2.36. The molecular formula is C20H20N2O2. The number of nitrogens with one attached hydrogen (secondary N) is 1. The molecule has 1 aliphatic rings. The van der Waals surface area contributed by atoms with Crippen LogP contribution in [0.15, 0.2) is 42.5 Å². The van der Waals surface area contributed by atoms with E-state index in [4.69, 9.17) is 4.74 Å². The van der Waals surface area contributed by atoms with Crippen molar-refractivity contribution < 1.29 is 9.53 Å². The number of carbonyl (C=O) groups is 1. The van der Waals surface area contributed by atoms with Crippen molar-refractivity contribution in [3.63, 3.8) is 0 Å². The molecule has 0 saturated carbocycles. The number of hydrogen-bond acceptors (Lipinski definition) is 2. The Labute approximate surface area is 141 Å². The van der Waals surface area contributed by atoms with Crippen molar-refractivity contribution in [1.29, 1.82) is 0 Å². The molecule has 0 radical (unpaired) electrons. The Balaban J connectivity index is 1.70. The average molecular weight is 320 g/mol. The van der Waals surface area contributed by atoms with Crippen molar-refractivity contribution in [2.45, 2.75) is 19.9 Å². The number of benzene rings is 2. The number of aromatic amines is 1. The topological polar surface area (TPSA) is 45.3 Å². The molecule has 1 aromatic heterocycles. The molecule has 1 aliphatic heterocycles. The molecule has 0 bridgehead atoms. The Kier molecular flexibility index (Phi) is 3.53. The Morgan fingerprint density at radius 2 is 2.04 bits per heavy atom. The van der Waals surface area contributed by atoms with Gasteiger partial charge in [-0.15, -0.1) is 0 Å². The minimum atomic E-state index is 0.0279. The predicted molar refractivity (Wildman–Crippen MR) is 94.5 cm³/mol. The first-order chi connectivity index (χ1) is 11.7. The fourth-order valence-corrected chi connectivity index (χ4v) is 3.49. The second-order valence-electron chi connectivity index (χ2n) is 6.31. The molecule has 0 saturated heterocycles. The second kappa shape index (κ2) is 5.71. The molecule has 24 heavy (non-hydrogen) atoms. The molecule has 3 aromatic rings. The molecule has 2 aromatic carbocycles. The minimum Gasteiger partial charge on any atom is -0.496 e. The first-order valence-corrected chi connectivity index (χ1v) is 8.20. The van der Waals surface area contributed by atoms with Gasteiger partial charge in [0, 0.05) is 41.7 Å². The summed E-state index contributed by atoms with van der Waals surface area (Å²) in [5, 5.41) is 1.22. The highest BCUT2D eigenvalue weighted by Gasteiger charge is 2.26. The molecule has 2 heterocycles. The SMILES string of the molecule is COc1ccccc1C(=O)N1CCc2[nH]c3ccc(C)cc3c2C1. The van der Waals surface area contributed by atoms with E-state index in [-0.39, 0.29) is 5.91 Å². The van der Waals surface area contributed by atoms with E-state index < -0.39 is 0 Å². The van der Waals surface area contributed by atoms with Gasteiger partial charge in [0.2, 0.25) is 0 Å². The number of fused-ring (bicyclic) bond motifs is 3. The second-order valence-corrected chi connectivity index (χ2v) is 6.31. The smallest absolute Gasteiger partial charge is 0.257 e. The van der Waals surface area contributed by atoms with Gasteiger partial charge in [0.15, 0.2) is 0 Å². The number of amides is 1. The van der Waals surface area contributed by atoms with Crippen LogP contribution in [0.1, 0.15) is 27.2 Å². The van der Waals surface area contributed by atoms with Crippen LogP contribution in [0.5, 0.6) is 5.75 Å². The summed E-state index contributed by atoms with van der Waals surface area (Å²) >= 11 is 0. The van der Waals surface area contributed by atoms with Gasteiger partial charge in [-0.05, 0) is 31.2 Å². The molecule has 4 rings (SSSR count). The fraction of sp³-hybridized carbons (Fsp3) is 0.250. The van der Waals surface area contributed by atoms with Crippen molar-refractivity contribution in [3.05, 3.63) is 64.8 Å². The number of nitrogens with zero attached hydrogens (tertiary/aromatic N) is 1. The van der Waals surface area contributed by atoms with Gasteiger partial charge in [-0.25, -0.2) is 0 Å². The van der Waals surface area contributed by atoms with E-state index in [1.54, 1.807) is 7.11 Å². The number of ether oxygens (including phenoxy) is 1. The zero-order valence-electron chi connectivity index (χ0n) is 13.9. The fourth-order valence-electron chi connectivity index (χ4n) is 3.49. The summed E-state index contributed by atoms with van der Waals surface area (Å²) in [6.45, 7) is 3.45. The van der Waals surface area contributed by atoms with Gasteiger partial charge in [-0.1, -0.05) is 23.8 Å². The van der Waals surface area contributed by atoms with E-state index in [2.05, 4.69) is 30.1 Å². The van der Waals surface area contributed by atoms with E-state index >= 15 is 0 Å². The number of H-pyrrole nitrogens is 1. The summed E-state index contributed by atoms with van der Waals surface area (Å²) in [4.78, 5) is 18.4. The van der Waals surface area contributed by atoms with Gasteiger partial charge in [0.1, 0.15) is 5.75 Å². The van der Waals surface area contributed by atoms with Crippen molar-refractivity contribution in [3.8, 4) is 5.75 Å². The summed E-state index contributed by atoms with van der Waals surface area (Å²) in [5.41, 5.74) is 5.50. The quantitative estimate of drug-likeness (QED) is 0.783. The highest BCUT2D eigenvalue weighted by atomic mass is 16.5. The van der Waals surface area contributed by atoms with Crippen LogP contribution in [0, 0.1) is 6.92 Å². The Hall–Kier alpha value is -2.75. The zero-order valence-corrected chi connectivity index (χ0v) is 13.9. The van der Waals surface area contributed by atoms with Gasteiger partial charge in [-0.2, -0.15) is 0 Å². The summed E-state index contributed by atoms with van der Waals surface area (Å²) in [7, 11) is 1.60. The average Bonchev–Trinajstić information content (AvgIpc) is 2.98. The zero-order chi connectivity index (χ0) is 16.7. The molecule has 4 nitrogen and oxygen atoms in total. The van der Waals surface area contributed by atoms with E-state index in [1.165, 1.54) is 22.2 Å². The monoisotopic (exact) mass is 320 g/mol. The Morgan fingerprint density at radius 3 is 2.88 bits per heavy atom. The molecule has 0 spiro atoms. The van der Waals surface area contributed by atoms with E-state index in [0.29, 0.717) is 17.9 Å². The van der Waals surface area contributed by atoms with E-state index in [9.17, 15) is 4.79 Å². The number of para-hydroxylation sites is 1. The largest absolute Gasteiger partial charge is 0.496 e. The maximum Gasteiger partial charge on any atom is 0.257 e. The number of hydrogen-bond donors (Lipinski definition) is 1. The number of aryl methyl sites for hydroxylation is 1. The molecule has 0 aliphatic carbocycles. The summed E-state index contributed by atoms with van der Waals surface area (Å²) < 4.78 is 5.34. The lowest BCUT2D eigenvalue weighted by molar-refractivity contribution is 0.0731. The third-order valence-corrected chi connectivity index (χ3v) is 4.76. The first kappa shape index (κ1) is 14.8. The van der Waals surface area contributed by atoms with Gasteiger partial charge >= 0.3 is 0 Å². The summed E-state index contributed by atoms with van der Waals surface area (Å²) in [6, 6.07) is 13.8. The normalized spacial score (nSPS) is 13.8. The van der Waals surface area contributed by atoms with Gasteiger partial charge < -0.3 is 14.6 Å². The molecule has 1 amide bonds. The third-order valence-electron chi connectivity index (χ3n) is 4.76. The van der Waals surface area contributed by atoms with Crippen LogP contribution in [0.3, 0.4) is 0 Å². The summed E-state index contributed by atoms with van der Waals surface area (Å²) in [6.07, 6.45) is 0.851. The van der Waals surface area contributed by atoms with Crippen LogP contribution >= 0.6 is 0 Å².